The first-order chi connectivity index (χ1) is 14.3. The monoisotopic (exact) mass is 609 g/mol. The van der Waals surface area contributed by atoms with Gasteiger partial charge < -0.3 is 5.11 Å². The molecule has 173 valence electrons. The Bertz CT molecular complexity index is 1100. The van der Waals surface area contributed by atoms with Crippen LogP contribution < -0.4 is 0 Å². The molecule has 3 rings (SSSR count). The quantitative estimate of drug-likeness (QED) is 0.187. The minimum absolute atomic E-state index is 0. The van der Waals surface area contributed by atoms with E-state index in [2.05, 4.69) is 56.3 Å². The van der Waals surface area contributed by atoms with Crippen LogP contribution in [0, 0.1) is 30.7 Å². The van der Waals surface area contributed by atoms with Gasteiger partial charge in [0.25, 0.3) is 0 Å². The number of hydrogen-bond acceptors (Lipinski definition) is 3. The summed E-state index contributed by atoms with van der Waals surface area (Å²) in [4.78, 5) is 16.2. The van der Waals surface area contributed by atoms with Crippen molar-refractivity contribution in [2.75, 3.05) is 0 Å². The predicted molar refractivity (Wildman–Crippen MR) is 130 cm³/mol. The fourth-order valence-electron chi connectivity index (χ4n) is 2.74. The van der Waals surface area contributed by atoms with E-state index in [1.165, 1.54) is 22.6 Å². The molecule has 0 saturated carbocycles. The van der Waals surface area contributed by atoms with Gasteiger partial charge in [0.15, 0.2) is 5.78 Å². The SMILES string of the molecule is CC(C)(C)C(=O)/C=C(\O)C(C)(C)C.Cc1ccc2nc(-c3[c-]cccc3C)ccc2c1.[Ir]. The molecule has 0 aliphatic carbocycles. The van der Waals surface area contributed by atoms with Gasteiger partial charge in [-0.15, -0.1) is 35.4 Å². The Morgan fingerprint density at radius 1 is 0.969 bits per heavy atom. The third kappa shape index (κ3) is 7.69. The van der Waals surface area contributed by atoms with Crippen molar-refractivity contribution in [1.29, 1.82) is 0 Å². The molecule has 3 nitrogen and oxygen atoms in total. The molecule has 0 amide bonds. The maximum atomic E-state index is 11.5. The molecule has 3 aromatic rings. The van der Waals surface area contributed by atoms with Crippen LogP contribution in [0.3, 0.4) is 0 Å². The fourth-order valence-corrected chi connectivity index (χ4v) is 2.74. The van der Waals surface area contributed by atoms with Gasteiger partial charge in [-0.1, -0.05) is 72.2 Å². The summed E-state index contributed by atoms with van der Waals surface area (Å²) in [5, 5.41) is 10.7. The van der Waals surface area contributed by atoms with Crippen LogP contribution >= 0.6 is 0 Å². The number of carbonyl (C=O) groups is 1. The molecule has 1 N–H and O–H groups in total. The van der Waals surface area contributed by atoms with Crippen LogP contribution in [0.1, 0.15) is 52.7 Å². The molecule has 0 saturated heterocycles. The number of ketones is 1. The number of nitrogens with zero attached hydrogens (tertiary/aromatic N) is 1. The van der Waals surface area contributed by atoms with Crippen LogP contribution in [0.25, 0.3) is 22.2 Å². The Labute approximate surface area is 206 Å². The molecule has 4 heteroatoms. The molecular weight excluding hydrogens is 575 g/mol. The van der Waals surface area contributed by atoms with E-state index in [9.17, 15) is 9.90 Å². The van der Waals surface area contributed by atoms with Gasteiger partial charge in [0.1, 0.15) is 5.76 Å². The largest absolute Gasteiger partial charge is 0.512 e. The van der Waals surface area contributed by atoms with Crippen molar-refractivity contribution in [2.24, 2.45) is 10.8 Å². The average Bonchev–Trinajstić information content (AvgIpc) is 2.67. The third-order valence-corrected chi connectivity index (χ3v) is 4.94. The molecular formula is C28H34IrNO2-. The van der Waals surface area contributed by atoms with Crippen molar-refractivity contribution in [3.63, 3.8) is 0 Å². The zero-order chi connectivity index (χ0) is 23.4. The number of pyridine rings is 1. The molecule has 32 heavy (non-hydrogen) atoms. The Morgan fingerprint density at radius 2 is 1.62 bits per heavy atom. The molecule has 0 atom stereocenters. The summed E-state index contributed by atoms with van der Waals surface area (Å²) in [7, 11) is 0. The van der Waals surface area contributed by atoms with Gasteiger partial charge in [-0.2, -0.15) is 0 Å². The normalized spacial score (nSPS) is 11.9. The summed E-state index contributed by atoms with van der Waals surface area (Å²) in [6, 6.07) is 19.8. The second-order valence-corrected chi connectivity index (χ2v) is 10.0. The molecule has 0 aliphatic rings. The topological polar surface area (TPSA) is 50.2 Å². The summed E-state index contributed by atoms with van der Waals surface area (Å²) in [6.45, 7) is 15.3. The first-order valence-corrected chi connectivity index (χ1v) is 10.6. The van der Waals surface area contributed by atoms with E-state index < -0.39 is 5.41 Å². The van der Waals surface area contributed by atoms with Gasteiger partial charge >= 0.3 is 0 Å². The van der Waals surface area contributed by atoms with E-state index in [1.807, 2.05) is 53.7 Å². The predicted octanol–water partition coefficient (Wildman–Crippen LogP) is 7.41. The van der Waals surface area contributed by atoms with Crippen LogP contribution in [-0.2, 0) is 24.9 Å². The van der Waals surface area contributed by atoms with E-state index in [-0.39, 0.29) is 37.1 Å². The minimum atomic E-state index is -0.417. The van der Waals surface area contributed by atoms with Crippen LogP contribution in [-0.4, -0.2) is 15.9 Å². The smallest absolute Gasteiger partial charge is 0.164 e. The van der Waals surface area contributed by atoms with Gasteiger partial charge in [-0.3, -0.25) is 9.78 Å². The van der Waals surface area contributed by atoms with Gasteiger partial charge in [0.05, 0.1) is 5.52 Å². The summed E-state index contributed by atoms with van der Waals surface area (Å²) >= 11 is 0. The molecule has 1 radical (unpaired) electrons. The molecule has 0 aliphatic heterocycles. The summed E-state index contributed by atoms with van der Waals surface area (Å²) in [5.41, 5.74) is 4.82. The van der Waals surface area contributed by atoms with Crippen LogP contribution in [0.2, 0.25) is 0 Å². The first kappa shape index (κ1) is 27.7. The van der Waals surface area contributed by atoms with Gasteiger partial charge in [-0.25, -0.2) is 0 Å². The number of aryl methyl sites for hydroxylation is 2. The standard InChI is InChI=1S/C17H14N.C11H20O2.Ir/c1-12-7-9-16-14(11-12)8-10-17(18-16)15-6-4-3-5-13(15)2;1-10(2,3)8(12)7-9(13)11(4,5)6;/h3-5,7-11H,1-2H3;7,12H,1-6H3;/q-1;;/b;8-7-;. The first-order valence-electron chi connectivity index (χ1n) is 10.6. The van der Waals surface area contributed by atoms with E-state index in [0.29, 0.717) is 0 Å². The number of rotatable bonds is 2. The Balaban J connectivity index is 0.000000330. The number of hydrogen-bond donors (Lipinski definition) is 1. The van der Waals surface area contributed by atoms with Crippen molar-refractivity contribution in [3.05, 3.63) is 77.6 Å². The third-order valence-electron chi connectivity index (χ3n) is 4.94. The molecule has 0 fully saturated rings. The Kier molecular flexibility index (Phi) is 9.56. The number of benzene rings is 2. The Morgan fingerprint density at radius 3 is 2.19 bits per heavy atom. The summed E-state index contributed by atoms with van der Waals surface area (Å²) in [6.07, 6.45) is 1.33. The zero-order valence-corrected chi connectivity index (χ0v) is 22.7. The number of aliphatic hydroxyl groups is 1. The molecule has 0 spiro atoms. The van der Waals surface area contributed by atoms with Gasteiger partial charge in [-0.05, 0) is 30.1 Å². The number of fused-ring (bicyclic) bond motifs is 1. The molecule has 0 unspecified atom stereocenters. The number of carbonyl (C=O) groups excluding carboxylic acids is 1. The molecule has 1 aromatic heterocycles. The Hall–Kier alpha value is -2.29. The number of allylic oxidation sites excluding steroid dienone is 2. The number of aromatic nitrogens is 1. The van der Waals surface area contributed by atoms with E-state index >= 15 is 0 Å². The second kappa shape index (κ2) is 11.0. The molecule has 2 aromatic carbocycles. The zero-order valence-electron chi connectivity index (χ0n) is 20.3. The van der Waals surface area contributed by atoms with Crippen molar-refractivity contribution in [2.45, 2.75) is 55.4 Å². The van der Waals surface area contributed by atoms with E-state index in [0.717, 1.165) is 16.8 Å². The molecule has 0 bridgehead atoms. The van der Waals surface area contributed by atoms with Crippen LogP contribution in [0.4, 0.5) is 0 Å². The van der Waals surface area contributed by atoms with Crippen molar-refractivity contribution < 1.29 is 30.0 Å². The van der Waals surface area contributed by atoms with E-state index in [4.69, 9.17) is 4.98 Å². The summed E-state index contributed by atoms with van der Waals surface area (Å²) < 4.78 is 0. The van der Waals surface area contributed by atoms with Crippen molar-refractivity contribution >= 4 is 16.7 Å². The maximum absolute atomic E-state index is 11.5. The number of aliphatic hydroxyl groups excluding tert-OH is 1. The van der Waals surface area contributed by atoms with Crippen LogP contribution in [0.15, 0.2) is 60.4 Å². The second-order valence-electron chi connectivity index (χ2n) is 10.0. The average molecular weight is 609 g/mol. The van der Waals surface area contributed by atoms with Crippen molar-refractivity contribution in [1.82, 2.24) is 4.98 Å². The van der Waals surface area contributed by atoms with Crippen LogP contribution in [0.5, 0.6) is 0 Å². The summed E-state index contributed by atoms with van der Waals surface area (Å²) in [5.74, 6) is 0.104. The molecule has 1 heterocycles. The fraction of sp³-hybridized carbons (Fsp3) is 0.357. The van der Waals surface area contributed by atoms with Crippen molar-refractivity contribution in [3.8, 4) is 11.3 Å². The van der Waals surface area contributed by atoms with Gasteiger partial charge in [0.2, 0.25) is 0 Å². The minimum Gasteiger partial charge on any atom is -0.512 e. The van der Waals surface area contributed by atoms with E-state index in [1.54, 1.807) is 0 Å². The maximum Gasteiger partial charge on any atom is 0.164 e. The van der Waals surface area contributed by atoms with Gasteiger partial charge in [0, 0.05) is 37.0 Å².